The molecule has 0 aromatic heterocycles. The average molecular weight is 274 g/mol. The molecule has 0 radical (unpaired) electrons. The van der Waals surface area contributed by atoms with E-state index in [0.717, 1.165) is 5.92 Å². The molecule has 1 aromatic carbocycles. The fraction of sp³-hybridized carbons (Fsp3) is 0.667. The molecule has 4 unspecified atom stereocenters. The molecule has 0 spiro atoms. The van der Waals surface area contributed by atoms with Crippen molar-refractivity contribution in [3.05, 3.63) is 35.4 Å². The summed E-state index contributed by atoms with van der Waals surface area (Å²) in [7, 11) is 2.08. The van der Waals surface area contributed by atoms with Crippen molar-refractivity contribution in [3.63, 3.8) is 0 Å². The number of piperidine rings is 1. The summed E-state index contributed by atoms with van der Waals surface area (Å²) >= 11 is 0. The molecule has 1 N–H and O–H groups in total. The Labute approximate surface area is 124 Å². The SMILES string of the molecule is CNC(c1ccc(C)cc1)C(C)N1CC(C)CCC1C. The van der Waals surface area contributed by atoms with Gasteiger partial charge in [0.15, 0.2) is 0 Å². The van der Waals surface area contributed by atoms with Crippen LogP contribution in [-0.2, 0) is 0 Å². The summed E-state index contributed by atoms with van der Waals surface area (Å²) in [6.45, 7) is 10.5. The van der Waals surface area contributed by atoms with Gasteiger partial charge in [0.25, 0.3) is 0 Å². The highest BCUT2D eigenvalue weighted by Gasteiger charge is 2.31. The number of nitrogens with zero attached hydrogens (tertiary/aromatic N) is 1. The predicted molar refractivity (Wildman–Crippen MR) is 87.0 cm³/mol. The van der Waals surface area contributed by atoms with E-state index in [9.17, 15) is 0 Å². The van der Waals surface area contributed by atoms with Crippen LogP contribution in [0.3, 0.4) is 0 Å². The highest BCUT2D eigenvalue weighted by atomic mass is 15.2. The third-order valence-corrected chi connectivity index (χ3v) is 4.92. The zero-order valence-corrected chi connectivity index (χ0v) is 13.7. The number of aryl methyl sites for hydroxylation is 1. The maximum Gasteiger partial charge on any atom is 0.0473 e. The minimum Gasteiger partial charge on any atom is -0.312 e. The Bertz CT molecular complexity index is 412. The molecule has 2 nitrogen and oxygen atoms in total. The number of nitrogens with one attached hydrogen (secondary N) is 1. The van der Waals surface area contributed by atoms with Gasteiger partial charge in [0.1, 0.15) is 0 Å². The molecule has 0 aliphatic carbocycles. The minimum absolute atomic E-state index is 0.406. The minimum atomic E-state index is 0.406. The Morgan fingerprint density at radius 1 is 1.15 bits per heavy atom. The summed E-state index contributed by atoms with van der Waals surface area (Å²) in [5.41, 5.74) is 2.73. The first-order valence-corrected chi connectivity index (χ1v) is 8.02. The van der Waals surface area contributed by atoms with E-state index in [1.807, 2.05) is 0 Å². The molecule has 1 aromatic rings. The van der Waals surface area contributed by atoms with Gasteiger partial charge >= 0.3 is 0 Å². The van der Waals surface area contributed by atoms with Crippen LogP contribution in [0.4, 0.5) is 0 Å². The highest BCUT2D eigenvalue weighted by molar-refractivity contribution is 5.25. The van der Waals surface area contributed by atoms with Gasteiger partial charge in [-0.15, -0.1) is 0 Å². The van der Waals surface area contributed by atoms with Crippen molar-refractivity contribution in [2.75, 3.05) is 13.6 Å². The summed E-state index contributed by atoms with van der Waals surface area (Å²) < 4.78 is 0. The fourth-order valence-corrected chi connectivity index (χ4v) is 3.54. The molecule has 1 heterocycles. The predicted octanol–water partition coefficient (Wildman–Crippen LogP) is 3.76. The summed E-state index contributed by atoms with van der Waals surface area (Å²) in [6.07, 6.45) is 2.70. The topological polar surface area (TPSA) is 15.3 Å². The van der Waals surface area contributed by atoms with Crippen LogP contribution in [-0.4, -0.2) is 30.6 Å². The van der Waals surface area contributed by atoms with Gasteiger partial charge in [-0.05, 0) is 52.1 Å². The van der Waals surface area contributed by atoms with Crippen molar-refractivity contribution in [1.82, 2.24) is 10.2 Å². The molecule has 2 rings (SSSR count). The van der Waals surface area contributed by atoms with Crippen LogP contribution in [0.25, 0.3) is 0 Å². The van der Waals surface area contributed by atoms with E-state index >= 15 is 0 Å². The number of benzene rings is 1. The van der Waals surface area contributed by atoms with Crippen molar-refractivity contribution in [2.24, 2.45) is 5.92 Å². The van der Waals surface area contributed by atoms with Gasteiger partial charge in [-0.2, -0.15) is 0 Å². The largest absolute Gasteiger partial charge is 0.312 e. The lowest BCUT2D eigenvalue weighted by Crippen LogP contribution is -2.50. The molecular weight excluding hydrogens is 244 g/mol. The van der Waals surface area contributed by atoms with Crippen molar-refractivity contribution in [3.8, 4) is 0 Å². The lowest BCUT2D eigenvalue weighted by molar-refractivity contribution is 0.0667. The normalized spacial score (nSPS) is 27.2. The quantitative estimate of drug-likeness (QED) is 0.899. The molecule has 4 atom stereocenters. The van der Waals surface area contributed by atoms with E-state index in [0.29, 0.717) is 18.1 Å². The monoisotopic (exact) mass is 274 g/mol. The molecule has 1 saturated heterocycles. The molecule has 1 fully saturated rings. The van der Waals surface area contributed by atoms with Crippen LogP contribution in [0.5, 0.6) is 0 Å². The van der Waals surface area contributed by atoms with Gasteiger partial charge in [-0.3, -0.25) is 4.90 Å². The van der Waals surface area contributed by atoms with Gasteiger partial charge in [-0.1, -0.05) is 36.8 Å². The van der Waals surface area contributed by atoms with Gasteiger partial charge in [0.05, 0.1) is 0 Å². The molecule has 0 bridgehead atoms. The average Bonchev–Trinajstić information content (AvgIpc) is 2.44. The van der Waals surface area contributed by atoms with Gasteiger partial charge in [0.2, 0.25) is 0 Å². The first kappa shape index (κ1) is 15.5. The molecule has 1 aliphatic rings. The van der Waals surface area contributed by atoms with Gasteiger partial charge in [-0.25, -0.2) is 0 Å². The van der Waals surface area contributed by atoms with E-state index in [1.165, 1.54) is 30.5 Å². The van der Waals surface area contributed by atoms with Gasteiger partial charge < -0.3 is 5.32 Å². The van der Waals surface area contributed by atoms with Crippen LogP contribution < -0.4 is 5.32 Å². The summed E-state index contributed by atoms with van der Waals surface area (Å²) in [5.74, 6) is 0.823. The number of likely N-dealkylation sites (N-methyl/N-ethyl adjacent to an activating group) is 1. The second-order valence-corrected chi connectivity index (χ2v) is 6.65. The smallest absolute Gasteiger partial charge is 0.0473 e. The first-order chi connectivity index (χ1) is 9.52. The number of likely N-dealkylation sites (tertiary alicyclic amines) is 1. The summed E-state index contributed by atoms with van der Waals surface area (Å²) in [4.78, 5) is 2.69. The van der Waals surface area contributed by atoms with Crippen LogP contribution in [0.15, 0.2) is 24.3 Å². The second-order valence-electron chi connectivity index (χ2n) is 6.65. The Hall–Kier alpha value is -0.860. The molecule has 1 aliphatic heterocycles. The van der Waals surface area contributed by atoms with Crippen LogP contribution in [0.1, 0.15) is 50.8 Å². The molecule has 2 heteroatoms. The molecule has 20 heavy (non-hydrogen) atoms. The number of hydrogen-bond acceptors (Lipinski definition) is 2. The van der Waals surface area contributed by atoms with Crippen molar-refractivity contribution < 1.29 is 0 Å². The molecule has 0 amide bonds. The van der Waals surface area contributed by atoms with Crippen molar-refractivity contribution >= 4 is 0 Å². The van der Waals surface area contributed by atoms with E-state index in [2.05, 4.69) is 69.2 Å². The second kappa shape index (κ2) is 6.73. The van der Waals surface area contributed by atoms with E-state index < -0.39 is 0 Å². The fourth-order valence-electron chi connectivity index (χ4n) is 3.54. The molecule has 0 saturated carbocycles. The number of hydrogen-bond donors (Lipinski definition) is 1. The van der Waals surface area contributed by atoms with Crippen LogP contribution >= 0.6 is 0 Å². The Morgan fingerprint density at radius 3 is 2.40 bits per heavy atom. The molecular formula is C18H30N2. The maximum atomic E-state index is 3.53. The van der Waals surface area contributed by atoms with Gasteiger partial charge in [0, 0.05) is 24.7 Å². The van der Waals surface area contributed by atoms with E-state index in [4.69, 9.17) is 0 Å². The zero-order chi connectivity index (χ0) is 14.7. The van der Waals surface area contributed by atoms with Crippen LogP contribution in [0, 0.1) is 12.8 Å². The maximum absolute atomic E-state index is 3.53. The standard InChI is InChI=1S/C18H30N2/c1-13-7-10-17(11-8-13)18(19-5)16(4)20-12-14(2)6-9-15(20)3/h7-8,10-11,14-16,18-19H,6,9,12H2,1-5H3. The summed E-state index contributed by atoms with van der Waals surface area (Å²) in [5, 5.41) is 3.53. The lowest BCUT2D eigenvalue weighted by atomic mass is 9.90. The zero-order valence-electron chi connectivity index (χ0n) is 13.7. The first-order valence-electron chi connectivity index (χ1n) is 8.02. The number of rotatable bonds is 4. The van der Waals surface area contributed by atoms with Crippen molar-refractivity contribution in [2.45, 2.75) is 58.7 Å². The third-order valence-electron chi connectivity index (χ3n) is 4.92. The summed E-state index contributed by atoms with van der Waals surface area (Å²) in [6, 6.07) is 10.6. The highest BCUT2D eigenvalue weighted by Crippen LogP contribution is 2.29. The lowest BCUT2D eigenvalue weighted by Gasteiger charge is -2.43. The Morgan fingerprint density at radius 2 is 1.80 bits per heavy atom. The van der Waals surface area contributed by atoms with Crippen molar-refractivity contribution in [1.29, 1.82) is 0 Å². The van der Waals surface area contributed by atoms with Crippen LogP contribution in [0.2, 0.25) is 0 Å². The molecule has 112 valence electrons. The van der Waals surface area contributed by atoms with E-state index in [-0.39, 0.29) is 0 Å². The Kier molecular flexibility index (Phi) is 5.22. The third kappa shape index (κ3) is 3.42. The Balaban J connectivity index is 2.15. The van der Waals surface area contributed by atoms with E-state index in [1.54, 1.807) is 0 Å².